The van der Waals surface area contributed by atoms with Crippen LogP contribution >= 0.6 is 25.3 Å². The average molecular weight is 171 g/mol. The van der Waals surface area contributed by atoms with Gasteiger partial charge in [-0.3, -0.25) is 0 Å². The number of aryl methyl sites for hydroxylation is 1. The van der Waals surface area contributed by atoms with E-state index in [0.29, 0.717) is 0 Å². The molecule has 3 heteroatoms. The van der Waals surface area contributed by atoms with Crippen LogP contribution in [-0.2, 0) is 7.05 Å². The minimum atomic E-state index is 0.885. The van der Waals surface area contributed by atoms with Crippen molar-refractivity contribution in [1.29, 1.82) is 0 Å². The summed E-state index contributed by atoms with van der Waals surface area (Å²) in [7, 11) is 1.98. The van der Waals surface area contributed by atoms with E-state index in [4.69, 9.17) is 0 Å². The Balaban J connectivity index is 3.05. The Hall–Kier alpha value is -0.280. The smallest absolute Gasteiger partial charge is 0.0544 e. The Kier molecular flexibility index (Phi) is 2.51. The van der Waals surface area contributed by atoms with Crippen LogP contribution in [0.25, 0.3) is 4.91 Å². The van der Waals surface area contributed by atoms with E-state index >= 15 is 0 Å². The first-order valence-electron chi connectivity index (χ1n) is 2.90. The quantitative estimate of drug-likeness (QED) is 0.597. The fraction of sp³-hybridized carbons (Fsp3) is 0.143. The molecule has 0 amide bonds. The van der Waals surface area contributed by atoms with Gasteiger partial charge in [-0.05, 0) is 17.5 Å². The Morgan fingerprint density at radius 3 is 2.80 bits per heavy atom. The molecular weight excluding hydrogens is 162 g/mol. The molecule has 1 aromatic heterocycles. The zero-order valence-corrected chi connectivity index (χ0v) is 7.44. The van der Waals surface area contributed by atoms with Gasteiger partial charge in [0.05, 0.1) is 5.69 Å². The van der Waals surface area contributed by atoms with Gasteiger partial charge in [-0.25, -0.2) is 0 Å². The summed E-state index contributed by atoms with van der Waals surface area (Å²) in [5.41, 5.74) is 1.08. The van der Waals surface area contributed by atoms with Crippen molar-refractivity contribution in [2.75, 3.05) is 0 Å². The van der Waals surface area contributed by atoms with Crippen LogP contribution in [0.1, 0.15) is 5.69 Å². The number of thiol groups is 2. The third-order valence-corrected chi connectivity index (χ3v) is 2.15. The van der Waals surface area contributed by atoms with E-state index in [1.165, 1.54) is 0 Å². The van der Waals surface area contributed by atoms with E-state index in [9.17, 15) is 0 Å². The van der Waals surface area contributed by atoms with Gasteiger partial charge >= 0.3 is 0 Å². The first kappa shape index (κ1) is 7.82. The maximum absolute atomic E-state index is 4.22. The third kappa shape index (κ3) is 1.41. The first-order chi connectivity index (χ1) is 4.75. The monoisotopic (exact) mass is 171 g/mol. The van der Waals surface area contributed by atoms with Crippen LogP contribution in [0.2, 0.25) is 0 Å². The van der Waals surface area contributed by atoms with Crippen LogP contribution in [0.3, 0.4) is 0 Å². The summed E-state index contributed by atoms with van der Waals surface area (Å²) in [5.74, 6) is 0. The molecule has 0 atom stereocenters. The lowest BCUT2D eigenvalue weighted by Gasteiger charge is -1.99. The number of nitrogens with zero attached hydrogens (tertiary/aromatic N) is 1. The molecular formula is C7H9NS2. The van der Waals surface area contributed by atoms with E-state index in [-0.39, 0.29) is 0 Å². The highest BCUT2D eigenvalue weighted by Crippen LogP contribution is 2.18. The maximum atomic E-state index is 4.22. The van der Waals surface area contributed by atoms with Gasteiger partial charge in [0.25, 0.3) is 0 Å². The molecule has 54 valence electrons. The molecule has 0 saturated carbocycles. The van der Waals surface area contributed by atoms with Crippen molar-refractivity contribution in [1.82, 2.24) is 4.57 Å². The second kappa shape index (κ2) is 3.21. The Morgan fingerprint density at radius 1 is 1.70 bits per heavy atom. The Morgan fingerprint density at radius 2 is 2.40 bits per heavy atom. The number of aromatic nitrogens is 1. The average Bonchev–Trinajstić information content (AvgIpc) is 2.34. The van der Waals surface area contributed by atoms with Crippen LogP contribution in [-0.4, -0.2) is 4.57 Å². The summed E-state index contributed by atoms with van der Waals surface area (Å²) >= 11 is 8.22. The highest BCUT2D eigenvalue weighted by Gasteiger charge is 1.97. The van der Waals surface area contributed by atoms with Crippen molar-refractivity contribution < 1.29 is 0 Å². The fourth-order valence-electron chi connectivity index (χ4n) is 0.793. The summed E-state index contributed by atoms with van der Waals surface area (Å²) in [4.78, 5) is 0.885. The molecule has 0 fully saturated rings. The van der Waals surface area contributed by atoms with Crippen LogP contribution < -0.4 is 0 Å². The number of hydrogen-bond donors (Lipinski definition) is 2. The summed E-state index contributed by atoms with van der Waals surface area (Å²) < 4.78 is 2.00. The maximum Gasteiger partial charge on any atom is 0.0544 e. The molecule has 0 aliphatic rings. The standard InChI is InChI=1S/C7H9NS2/c1-8-4-2-3-6(8)7(10)5-9/h2-5,9-10H,1H3/b7-5-. The molecule has 0 aliphatic carbocycles. The molecule has 10 heavy (non-hydrogen) atoms. The molecule has 1 aromatic rings. The van der Waals surface area contributed by atoms with Gasteiger partial charge in [-0.15, -0.1) is 12.6 Å². The lowest BCUT2D eigenvalue weighted by molar-refractivity contribution is 0.914. The molecule has 1 nitrogen and oxygen atoms in total. The van der Waals surface area contributed by atoms with Crippen LogP contribution in [0.15, 0.2) is 23.7 Å². The molecule has 0 spiro atoms. The lowest BCUT2D eigenvalue weighted by Crippen LogP contribution is -1.89. The van der Waals surface area contributed by atoms with Gasteiger partial charge in [0, 0.05) is 18.1 Å². The second-order valence-electron chi connectivity index (χ2n) is 2.02. The van der Waals surface area contributed by atoms with Gasteiger partial charge < -0.3 is 4.57 Å². The Bertz CT molecular complexity index is 250. The number of hydrogen-bond acceptors (Lipinski definition) is 2. The molecule has 0 bridgehead atoms. The van der Waals surface area contributed by atoms with E-state index in [1.807, 2.05) is 29.9 Å². The van der Waals surface area contributed by atoms with Crippen molar-refractivity contribution in [3.63, 3.8) is 0 Å². The van der Waals surface area contributed by atoms with E-state index in [2.05, 4.69) is 25.3 Å². The molecule has 1 heterocycles. The minimum Gasteiger partial charge on any atom is -0.350 e. The molecule has 0 saturated heterocycles. The summed E-state index contributed by atoms with van der Waals surface area (Å²) in [5, 5.41) is 1.68. The Labute approximate surface area is 71.6 Å². The van der Waals surface area contributed by atoms with Crippen molar-refractivity contribution in [3.05, 3.63) is 29.4 Å². The van der Waals surface area contributed by atoms with Gasteiger partial charge in [0.2, 0.25) is 0 Å². The first-order valence-corrected chi connectivity index (χ1v) is 3.87. The molecule has 1 rings (SSSR count). The summed E-state index contributed by atoms with van der Waals surface area (Å²) in [6.07, 6.45) is 1.98. The lowest BCUT2D eigenvalue weighted by atomic mass is 10.4. The van der Waals surface area contributed by atoms with Gasteiger partial charge in [0.15, 0.2) is 0 Å². The summed E-state index contributed by atoms with van der Waals surface area (Å²) in [6, 6.07) is 3.97. The largest absolute Gasteiger partial charge is 0.350 e. The third-order valence-electron chi connectivity index (χ3n) is 1.33. The van der Waals surface area contributed by atoms with Crippen LogP contribution in [0.4, 0.5) is 0 Å². The molecule has 0 unspecified atom stereocenters. The SMILES string of the molecule is Cn1cccc1/C(S)=C/S. The zero-order chi connectivity index (χ0) is 7.56. The fourth-order valence-corrected chi connectivity index (χ4v) is 1.16. The molecule has 0 radical (unpaired) electrons. The highest BCUT2D eigenvalue weighted by atomic mass is 32.1. The minimum absolute atomic E-state index is 0.885. The topological polar surface area (TPSA) is 4.93 Å². The van der Waals surface area contributed by atoms with Crippen molar-refractivity contribution in [2.45, 2.75) is 0 Å². The van der Waals surface area contributed by atoms with E-state index in [0.717, 1.165) is 10.6 Å². The van der Waals surface area contributed by atoms with Gasteiger partial charge in [0.1, 0.15) is 0 Å². The van der Waals surface area contributed by atoms with E-state index in [1.54, 1.807) is 5.41 Å². The van der Waals surface area contributed by atoms with Crippen molar-refractivity contribution >= 4 is 30.2 Å². The molecule has 0 N–H and O–H groups in total. The van der Waals surface area contributed by atoms with Crippen LogP contribution in [0, 0.1) is 0 Å². The highest BCUT2D eigenvalue weighted by molar-refractivity contribution is 7.92. The predicted molar refractivity (Wildman–Crippen MR) is 51.4 cm³/mol. The van der Waals surface area contributed by atoms with E-state index < -0.39 is 0 Å². The van der Waals surface area contributed by atoms with Gasteiger partial charge in [-0.2, -0.15) is 12.6 Å². The molecule has 0 aliphatic heterocycles. The summed E-state index contributed by atoms with van der Waals surface area (Å²) in [6.45, 7) is 0. The van der Waals surface area contributed by atoms with Crippen molar-refractivity contribution in [2.24, 2.45) is 7.05 Å². The normalized spacial score (nSPS) is 12.1. The number of rotatable bonds is 1. The second-order valence-corrected chi connectivity index (χ2v) is 2.76. The molecule has 0 aromatic carbocycles. The zero-order valence-electron chi connectivity index (χ0n) is 5.65. The van der Waals surface area contributed by atoms with Gasteiger partial charge in [-0.1, -0.05) is 0 Å². The van der Waals surface area contributed by atoms with Crippen molar-refractivity contribution in [3.8, 4) is 0 Å². The predicted octanol–water partition coefficient (Wildman–Crippen LogP) is 2.18. The van der Waals surface area contributed by atoms with Crippen LogP contribution in [0.5, 0.6) is 0 Å².